The first-order valence-corrected chi connectivity index (χ1v) is 10.1. The van der Waals surface area contributed by atoms with Crippen LogP contribution in [0.15, 0.2) is 71.6 Å². The van der Waals surface area contributed by atoms with Crippen molar-refractivity contribution in [1.82, 2.24) is 5.32 Å². The summed E-state index contributed by atoms with van der Waals surface area (Å²) in [7, 11) is 0. The standard InChI is InChI=1S/C23H27NS/c1-18-12-14-21(15-13-18)25-17-6-5-16-24-19(2)22-11-7-9-20-8-3-4-10-23(20)22/h3-4,7-15,19,24H,5-6,16-17H2,1-2H3/t19-/m1/s1. The zero-order valence-corrected chi connectivity index (χ0v) is 16.0. The molecule has 0 fully saturated rings. The zero-order valence-electron chi connectivity index (χ0n) is 15.2. The predicted octanol–water partition coefficient (Wildman–Crippen LogP) is 6.37. The van der Waals surface area contributed by atoms with Gasteiger partial charge >= 0.3 is 0 Å². The highest BCUT2D eigenvalue weighted by molar-refractivity contribution is 7.99. The van der Waals surface area contributed by atoms with Gasteiger partial charge in [0.15, 0.2) is 0 Å². The second kappa shape index (κ2) is 9.07. The van der Waals surface area contributed by atoms with E-state index in [1.165, 1.54) is 45.4 Å². The fraction of sp³-hybridized carbons (Fsp3) is 0.304. The second-order valence-corrected chi connectivity index (χ2v) is 7.78. The molecular weight excluding hydrogens is 322 g/mol. The average molecular weight is 350 g/mol. The lowest BCUT2D eigenvalue weighted by Crippen LogP contribution is -2.20. The van der Waals surface area contributed by atoms with Gasteiger partial charge in [-0.3, -0.25) is 0 Å². The third-order valence-electron chi connectivity index (χ3n) is 4.60. The van der Waals surface area contributed by atoms with Gasteiger partial charge in [0.05, 0.1) is 0 Å². The average Bonchev–Trinajstić information content (AvgIpc) is 2.65. The van der Waals surface area contributed by atoms with Crippen molar-refractivity contribution in [2.45, 2.75) is 37.6 Å². The summed E-state index contributed by atoms with van der Waals surface area (Å²) in [5.41, 5.74) is 2.73. The maximum absolute atomic E-state index is 3.69. The molecule has 1 atom stereocenters. The van der Waals surface area contributed by atoms with Crippen molar-refractivity contribution >= 4 is 22.5 Å². The van der Waals surface area contributed by atoms with E-state index in [9.17, 15) is 0 Å². The van der Waals surface area contributed by atoms with E-state index in [2.05, 4.69) is 85.9 Å². The summed E-state index contributed by atoms with van der Waals surface area (Å²) in [6.07, 6.45) is 2.46. The summed E-state index contributed by atoms with van der Waals surface area (Å²) in [5, 5.41) is 6.37. The highest BCUT2D eigenvalue weighted by Gasteiger charge is 2.08. The Bertz CT molecular complexity index is 789. The van der Waals surface area contributed by atoms with E-state index in [0.29, 0.717) is 6.04 Å². The molecular formula is C23H27NS. The van der Waals surface area contributed by atoms with Crippen LogP contribution in [0, 0.1) is 6.92 Å². The van der Waals surface area contributed by atoms with E-state index in [1.54, 1.807) is 0 Å². The Labute approximate surface area is 155 Å². The van der Waals surface area contributed by atoms with E-state index in [4.69, 9.17) is 0 Å². The predicted molar refractivity (Wildman–Crippen MR) is 112 cm³/mol. The molecule has 2 heteroatoms. The highest BCUT2D eigenvalue weighted by Crippen LogP contribution is 2.24. The van der Waals surface area contributed by atoms with Gasteiger partial charge in [-0.05, 0) is 67.5 Å². The molecule has 0 radical (unpaired) electrons. The maximum atomic E-state index is 3.69. The summed E-state index contributed by atoms with van der Waals surface area (Å²) >= 11 is 1.96. The molecule has 3 aromatic carbocycles. The molecule has 0 saturated carbocycles. The van der Waals surface area contributed by atoms with E-state index >= 15 is 0 Å². The van der Waals surface area contributed by atoms with Crippen LogP contribution in [0.25, 0.3) is 10.8 Å². The number of benzene rings is 3. The Balaban J connectivity index is 1.42. The van der Waals surface area contributed by atoms with Crippen LogP contribution in [0.1, 0.15) is 36.9 Å². The van der Waals surface area contributed by atoms with Gasteiger partial charge in [-0.15, -0.1) is 11.8 Å². The summed E-state index contributed by atoms with van der Waals surface area (Å²) in [5.74, 6) is 1.19. The summed E-state index contributed by atoms with van der Waals surface area (Å²) in [4.78, 5) is 1.38. The molecule has 0 aliphatic heterocycles. The largest absolute Gasteiger partial charge is 0.310 e. The number of rotatable bonds is 8. The third-order valence-corrected chi connectivity index (χ3v) is 5.70. The fourth-order valence-electron chi connectivity index (χ4n) is 3.11. The monoisotopic (exact) mass is 349 g/mol. The molecule has 3 aromatic rings. The van der Waals surface area contributed by atoms with Gasteiger partial charge in [0.25, 0.3) is 0 Å². The number of hydrogen-bond acceptors (Lipinski definition) is 2. The highest BCUT2D eigenvalue weighted by atomic mass is 32.2. The molecule has 0 aliphatic rings. The topological polar surface area (TPSA) is 12.0 Å². The van der Waals surface area contributed by atoms with Crippen LogP contribution in [-0.4, -0.2) is 12.3 Å². The zero-order chi connectivity index (χ0) is 17.5. The third kappa shape index (κ3) is 5.10. The van der Waals surface area contributed by atoms with Crippen molar-refractivity contribution in [2.24, 2.45) is 0 Å². The Kier molecular flexibility index (Phi) is 6.55. The number of nitrogens with one attached hydrogen (secondary N) is 1. The smallest absolute Gasteiger partial charge is 0.0297 e. The van der Waals surface area contributed by atoms with Gasteiger partial charge in [0, 0.05) is 10.9 Å². The van der Waals surface area contributed by atoms with Gasteiger partial charge in [0.1, 0.15) is 0 Å². The molecule has 0 amide bonds. The van der Waals surface area contributed by atoms with Crippen LogP contribution in [0.5, 0.6) is 0 Å². The first-order valence-electron chi connectivity index (χ1n) is 9.14. The summed E-state index contributed by atoms with van der Waals surface area (Å²) in [6, 6.07) is 24.4. The number of aryl methyl sites for hydroxylation is 1. The molecule has 0 spiro atoms. The molecule has 1 nitrogen and oxygen atoms in total. The quantitative estimate of drug-likeness (QED) is 0.374. The Morgan fingerprint density at radius 2 is 1.64 bits per heavy atom. The summed E-state index contributed by atoms with van der Waals surface area (Å²) in [6.45, 7) is 5.47. The maximum Gasteiger partial charge on any atom is 0.0297 e. The number of thioether (sulfide) groups is 1. The minimum Gasteiger partial charge on any atom is -0.310 e. The molecule has 1 N–H and O–H groups in total. The molecule has 130 valence electrons. The second-order valence-electron chi connectivity index (χ2n) is 6.61. The molecule has 0 aliphatic carbocycles. The normalized spacial score (nSPS) is 12.4. The van der Waals surface area contributed by atoms with Crippen LogP contribution in [0.3, 0.4) is 0 Å². The number of fused-ring (bicyclic) bond motifs is 1. The lowest BCUT2D eigenvalue weighted by atomic mass is 9.99. The van der Waals surface area contributed by atoms with Crippen LogP contribution in [0.2, 0.25) is 0 Å². The van der Waals surface area contributed by atoms with Gasteiger partial charge in [-0.2, -0.15) is 0 Å². The molecule has 0 bridgehead atoms. The van der Waals surface area contributed by atoms with Crippen molar-refractivity contribution in [2.75, 3.05) is 12.3 Å². The number of hydrogen-bond donors (Lipinski definition) is 1. The van der Waals surface area contributed by atoms with Crippen LogP contribution < -0.4 is 5.32 Å². The Morgan fingerprint density at radius 1 is 0.880 bits per heavy atom. The van der Waals surface area contributed by atoms with E-state index in [0.717, 1.165) is 6.54 Å². The van der Waals surface area contributed by atoms with Crippen molar-refractivity contribution in [3.63, 3.8) is 0 Å². The van der Waals surface area contributed by atoms with Crippen LogP contribution >= 0.6 is 11.8 Å². The molecule has 0 heterocycles. The van der Waals surface area contributed by atoms with E-state index in [1.807, 2.05) is 11.8 Å². The minimum absolute atomic E-state index is 0.385. The SMILES string of the molecule is Cc1ccc(SCCCCN[C@H](C)c2cccc3ccccc23)cc1. The lowest BCUT2D eigenvalue weighted by Gasteiger charge is -2.16. The lowest BCUT2D eigenvalue weighted by molar-refractivity contribution is 0.558. The molecule has 0 aromatic heterocycles. The van der Waals surface area contributed by atoms with Crippen molar-refractivity contribution in [3.8, 4) is 0 Å². The van der Waals surface area contributed by atoms with Gasteiger partial charge in [-0.25, -0.2) is 0 Å². The molecule has 0 unspecified atom stereocenters. The van der Waals surface area contributed by atoms with Crippen molar-refractivity contribution in [3.05, 3.63) is 77.9 Å². The van der Waals surface area contributed by atoms with Gasteiger partial charge in [0.2, 0.25) is 0 Å². The van der Waals surface area contributed by atoms with Gasteiger partial charge < -0.3 is 5.32 Å². The van der Waals surface area contributed by atoms with E-state index in [-0.39, 0.29) is 0 Å². The van der Waals surface area contributed by atoms with E-state index < -0.39 is 0 Å². The summed E-state index contributed by atoms with van der Waals surface area (Å²) < 4.78 is 0. The van der Waals surface area contributed by atoms with Crippen molar-refractivity contribution < 1.29 is 0 Å². The molecule has 0 saturated heterocycles. The molecule has 3 rings (SSSR count). The minimum atomic E-state index is 0.385. The first kappa shape index (κ1) is 18.0. The van der Waals surface area contributed by atoms with Gasteiger partial charge in [-0.1, -0.05) is 60.2 Å². The first-order chi connectivity index (χ1) is 12.2. The molecule has 25 heavy (non-hydrogen) atoms. The van der Waals surface area contributed by atoms with Crippen molar-refractivity contribution in [1.29, 1.82) is 0 Å². The Morgan fingerprint density at radius 3 is 2.48 bits per heavy atom. The van der Waals surface area contributed by atoms with Crippen LogP contribution in [0.4, 0.5) is 0 Å². The van der Waals surface area contributed by atoms with Crippen LogP contribution in [-0.2, 0) is 0 Å². The fourth-order valence-corrected chi connectivity index (χ4v) is 4.02. The Hall–Kier alpha value is -1.77. The number of unbranched alkanes of at least 4 members (excludes halogenated alkanes) is 1.